The Morgan fingerprint density at radius 3 is 2.88 bits per heavy atom. The lowest BCUT2D eigenvalue weighted by molar-refractivity contribution is 0.0921. The van der Waals surface area contributed by atoms with Crippen molar-refractivity contribution in [2.75, 3.05) is 33.7 Å². The molecule has 0 aromatic carbocycles. The lowest BCUT2D eigenvalue weighted by Crippen LogP contribution is -2.43. The molecule has 2 N–H and O–H groups in total. The first kappa shape index (κ1) is 17.6. The van der Waals surface area contributed by atoms with Gasteiger partial charge in [0, 0.05) is 50.0 Å². The molecule has 2 atom stereocenters. The molecule has 1 fully saturated rings. The predicted octanol–water partition coefficient (Wildman–Crippen LogP) is 0.905. The van der Waals surface area contributed by atoms with E-state index < -0.39 is 0 Å². The number of hydrogen-bond acceptors (Lipinski definition) is 5. The van der Waals surface area contributed by atoms with E-state index in [4.69, 9.17) is 0 Å². The van der Waals surface area contributed by atoms with Crippen LogP contribution in [0.15, 0.2) is 30.5 Å². The third-order valence-electron chi connectivity index (χ3n) is 4.48. The fourth-order valence-electron chi connectivity index (χ4n) is 3.40. The molecule has 1 saturated heterocycles. The Kier molecular flexibility index (Phi) is 5.45. The summed E-state index contributed by atoms with van der Waals surface area (Å²) in [5, 5.41) is 10.1. The summed E-state index contributed by atoms with van der Waals surface area (Å²) >= 11 is 0. The lowest BCUT2D eigenvalue weighted by Gasteiger charge is -2.22. The summed E-state index contributed by atoms with van der Waals surface area (Å²) in [5.74, 6) is 0.264. The van der Waals surface area contributed by atoms with Gasteiger partial charge in [-0.05, 0) is 39.2 Å². The molecule has 2 aromatic rings. The van der Waals surface area contributed by atoms with Crippen molar-refractivity contribution in [2.45, 2.75) is 19.5 Å². The number of amides is 1. The molecule has 7 heteroatoms. The third kappa shape index (κ3) is 4.64. The number of aromatic nitrogens is 3. The van der Waals surface area contributed by atoms with Crippen LogP contribution in [0.5, 0.6) is 0 Å². The molecule has 2 aromatic heterocycles. The van der Waals surface area contributed by atoms with Crippen molar-refractivity contribution in [3.63, 3.8) is 0 Å². The summed E-state index contributed by atoms with van der Waals surface area (Å²) in [7, 11) is 4.13. The molecular weight excluding hydrogens is 316 g/mol. The molecule has 134 valence electrons. The summed E-state index contributed by atoms with van der Waals surface area (Å²) < 4.78 is 0. The van der Waals surface area contributed by atoms with Gasteiger partial charge in [0.1, 0.15) is 5.69 Å². The molecular formula is C18H26N6O. The number of nitrogens with one attached hydrogen (secondary N) is 2. The Balaban J connectivity index is 1.66. The minimum Gasteiger partial charge on any atom is -0.346 e. The fraction of sp³-hybridized carbons (Fsp3) is 0.500. The van der Waals surface area contributed by atoms with Crippen molar-refractivity contribution in [3.8, 4) is 0 Å². The second-order valence-electron chi connectivity index (χ2n) is 7.05. The first-order chi connectivity index (χ1) is 12.0. The molecule has 0 unspecified atom stereocenters. The normalized spacial score (nSPS) is 21.0. The molecule has 0 bridgehead atoms. The smallest absolute Gasteiger partial charge is 0.272 e. The van der Waals surface area contributed by atoms with Crippen LogP contribution >= 0.6 is 0 Å². The third-order valence-corrected chi connectivity index (χ3v) is 4.48. The Morgan fingerprint density at radius 2 is 2.24 bits per heavy atom. The van der Waals surface area contributed by atoms with E-state index >= 15 is 0 Å². The van der Waals surface area contributed by atoms with Gasteiger partial charge in [-0.3, -0.25) is 19.8 Å². The second-order valence-corrected chi connectivity index (χ2v) is 7.05. The monoisotopic (exact) mass is 342 g/mol. The first-order valence-electron chi connectivity index (χ1n) is 8.61. The van der Waals surface area contributed by atoms with E-state index in [9.17, 15) is 4.79 Å². The number of carbonyl (C=O) groups excluding carboxylic acids is 1. The summed E-state index contributed by atoms with van der Waals surface area (Å²) in [6, 6.07) is 7.86. The quantitative estimate of drug-likeness (QED) is 0.816. The molecule has 1 aliphatic heterocycles. The van der Waals surface area contributed by atoms with Gasteiger partial charge in [-0.2, -0.15) is 5.10 Å². The highest BCUT2D eigenvalue weighted by molar-refractivity contribution is 5.92. The van der Waals surface area contributed by atoms with Gasteiger partial charge in [-0.25, -0.2) is 0 Å². The highest BCUT2D eigenvalue weighted by Crippen LogP contribution is 2.20. The number of H-pyrrole nitrogens is 1. The maximum Gasteiger partial charge on any atom is 0.272 e. The van der Waals surface area contributed by atoms with Gasteiger partial charge in [-0.1, -0.05) is 6.07 Å². The number of nitrogens with zero attached hydrogens (tertiary/aromatic N) is 4. The van der Waals surface area contributed by atoms with Crippen LogP contribution in [0.1, 0.15) is 21.9 Å². The number of aromatic amines is 1. The summed E-state index contributed by atoms with van der Waals surface area (Å²) in [6.45, 7) is 5.40. The molecule has 0 spiro atoms. The van der Waals surface area contributed by atoms with Crippen LogP contribution in [0.2, 0.25) is 0 Å². The zero-order valence-electron chi connectivity index (χ0n) is 15.1. The van der Waals surface area contributed by atoms with Crippen LogP contribution < -0.4 is 5.32 Å². The van der Waals surface area contributed by atoms with E-state index in [1.807, 2.05) is 31.3 Å². The number of hydrogen-bond donors (Lipinski definition) is 2. The topological polar surface area (TPSA) is 77.2 Å². The number of pyridine rings is 1. The van der Waals surface area contributed by atoms with Crippen LogP contribution in [0.3, 0.4) is 0 Å². The van der Waals surface area contributed by atoms with Crippen LogP contribution in [-0.4, -0.2) is 70.7 Å². The standard InChI is InChI=1S/C18H26N6O/c1-13-8-16(22-21-13)18(25)20-17-12-24(10-14(17)9-23(2)3)11-15-6-4-5-7-19-15/h4-8,14,17H,9-12H2,1-3H3,(H,20,25)(H,21,22)/t14-,17-/m1/s1. The molecule has 1 aliphatic rings. The van der Waals surface area contributed by atoms with E-state index in [1.165, 1.54) is 0 Å². The fourth-order valence-corrected chi connectivity index (χ4v) is 3.40. The number of carbonyl (C=O) groups is 1. The maximum atomic E-state index is 12.5. The van der Waals surface area contributed by atoms with Crippen molar-refractivity contribution in [1.82, 2.24) is 30.3 Å². The van der Waals surface area contributed by atoms with Gasteiger partial charge >= 0.3 is 0 Å². The van der Waals surface area contributed by atoms with E-state index in [0.717, 1.165) is 37.6 Å². The van der Waals surface area contributed by atoms with Crippen LogP contribution in [-0.2, 0) is 6.54 Å². The second kappa shape index (κ2) is 7.76. The SMILES string of the molecule is Cc1cc(C(=O)N[C@@H]2CN(Cc3ccccn3)C[C@H]2CN(C)C)n[nH]1. The van der Waals surface area contributed by atoms with Crippen molar-refractivity contribution in [2.24, 2.45) is 5.92 Å². The lowest BCUT2D eigenvalue weighted by atomic mass is 10.0. The molecule has 1 amide bonds. The molecule has 0 radical (unpaired) electrons. The Bertz CT molecular complexity index is 699. The van der Waals surface area contributed by atoms with Crippen molar-refractivity contribution >= 4 is 5.91 Å². The number of likely N-dealkylation sites (tertiary alicyclic amines) is 1. The number of rotatable bonds is 6. The minimum absolute atomic E-state index is 0.107. The van der Waals surface area contributed by atoms with Gasteiger partial charge in [0.05, 0.1) is 5.69 Å². The van der Waals surface area contributed by atoms with E-state index in [2.05, 4.69) is 44.4 Å². The van der Waals surface area contributed by atoms with Gasteiger partial charge in [0.2, 0.25) is 0 Å². The van der Waals surface area contributed by atoms with Crippen molar-refractivity contribution in [1.29, 1.82) is 0 Å². The molecule has 7 nitrogen and oxygen atoms in total. The largest absolute Gasteiger partial charge is 0.346 e. The maximum absolute atomic E-state index is 12.5. The Labute approximate surface area is 148 Å². The predicted molar refractivity (Wildman–Crippen MR) is 96.1 cm³/mol. The van der Waals surface area contributed by atoms with E-state index in [0.29, 0.717) is 11.6 Å². The molecule has 3 rings (SSSR count). The highest BCUT2D eigenvalue weighted by atomic mass is 16.2. The summed E-state index contributed by atoms with van der Waals surface area (Å²) in [4.78, 5) is 21.4. The highest BCUT2D eigenvalue weighted by Gasteiger charge is 2.34. The Hall–Kier alpha value is -2.25. The van der Waals surface area contributed by atoms with Gasteiger partial charge in [0.25, 0.3) is 5.91 Å². The zero-order chi connectivity index (χ0) is 17.8. The Morgan fingerprint density at radius 1 is 1.40 bits per heavy atom. The van der Waals surface area contributed by atoms with Gasteiger partial charge in [0.15, 0.2) is 0 Å². The molecule has 3 heterocycles. The zero-order valence-corrected chi connectivity index (χ0v) is 15.1. The molecule has 0 aliphatic carbocycles. The van der Waals surface area contributed by atoms with E-state index in [1.54, 1.807) is 6.07 Å². The van der Waals surface area contributed by atoms with Gasteiger partial charge < -0.3 is 10.2 Å². The minimum atomic E-state index is -0.113. The molecule has 25 heavy (non-hydrogen) atoms. The molecule has 0 saturated carbocycles. The number of aryl methyl sites for hydroxylation is 1. The summed E-state index contributed by atoms with van der Waals surface area (Å²) in [6.07, 6.45) is 1.82. The summed E-state index contributed by atoms with van der Waals surface area (Å²) in [5.41, 5.74) is 2.39. The average molecular weight is 342 g/mol. The van der Waals surface area contributed by atoms with Crippen LogP contribution in [0, 0.1) is 12.8 Å². The van der Waals surface area contributed by atoms with Crippen molar-refractivity contribution in [3.05, 3.63) is 47.5 Å². The first-order valence-corrected chi connectivity index (χ1v) is 8.61. The van der Waals surface area contributed by atoms with Crippen LogP contribution in [0.4, 0.5) is 0 Å². The van der Waals surface area contributed by atoms with Crippen LogP contribution in [0.25, 0.3) is 0 Å². The van der Waals surface area contributed by atoms with Crippen molar-refractivity contribution < 1.29 is 4.79 Å². The average Bonchev–Trinajstić information content (AvgIpc) is 3.15. The van der Waals surface area contributed by atoms with Gasteiger partial charge in [-0.15, -0.1) is 0 Å². The van der Waals surface area contributed by atoms with E-state index in [-0.39, 0.29) is 11.9 Å².